The van der Waals surface area contributed by atoms with Gasteiger partial charge < -0.3 is 9.84 Å². The first-order valence-corrected chi connectivity index (χ1v) is 3.60. The van der Waals surface area contributed by atoms with Gasteiger partial charge in [0.15, 0.2) is 0 Å². The molecule has 4 nitrogen and oxygen atoms in total. The highest BCUT2D eigenvalue weighted by Gasteiger charge is 1.93. The van der Waals surface area contributed by atoms with Crippen molar-refractivity contribution in [3.63, 3.8) is 0 Å². The Morgan fingerprint density at radius 2 is 2.00 bits per heavy atom. The number of ether oxygens (including phenoxy) is 1. The average molecular weight is 207 g/mol. The van der Waals surface area contributed by atoms with Gasteiger partial charge in [0.25, 0.3) is 5.97 Å². The standard InChI is InChI=1S/C6H7ClO2.C2H4O2/c1-3-6(8)9-4-5(2)7;1-2(3)4/h3H,1-2,4H2;1H3,(H,3,4). The van der Waals surface area contributed by atoms with Crippen LogP contribution in [0.15, 0.2) is 24.3 Å². The summed E-state index contributed by atoms with van der Waals surface area (Å²) in [5.41, 5.74) is 0. The van der Waals surface area contributed by atoms with E-state index in [-0.39, 0.29) is 6.61 Å². The minimum Gasteiger partial charge on any atom is -0.481 e. The van der Waals surface area contributed by atoms with Gasteiger partial charge in [0.2, 0.25) is 0 Å². The Bertz CT molecular complexity index is 206. The summed E-state index contributed by atoms with van der Waals surface area (Å²) in [6.45, 7) is 7.64. The van der Waals surface area contributed by atoms with Gasteiger partial charge in [-0.25, -0.2) is 4.79 Å². The highest BCUT2D eigenvalue weighted by Crippen LogP contribution is 1.96. The van der Waals surface area contributed by atoms with Crippen molar-refractivity contribution in [1.29, 1.82) is 0 Å². The minimum absolute atomic E-state index is 0.0480. The summed E-state index contributed by atoms with van der Waals surface area (Å²) < 4.78 is 4.46. The number of hydrogen-bond donors (Lipinski definition) is 1. The first-order valence-electron chi connectivity index (χ1n) is 3.22. The maximum atomic E-state index is 10.3. The molecule has 0 aromatic carbocycles. The summed E-state index contributed by atoms with van der Waals surface area (Å²) in [5, 5.41) is 7.71. The van der Waals surface area contributed by atoms with Crippen LogP contribution in [0.2, 0.25) is 0 Å². The van der Waals surface area contributed by atoms with Crippen LogP contribution < -0.4 is 0 Å². The molecule has 0 bridgehead atoms. The van der Waals surface area contributed by atoms with Crippen LogP contribution >= 0.6 is 11.6 Å². The van der Waals surface area contributed by atoms with E-state index >= 15 is 0 Å². The Morgan fingerprint density at radius 1 is 1.62 bits per heavy atom. The Labute approximate surface area is 81.5 Å². The third kappa shape index (κ3) is 24.9. The van der Waals surface area contributed by atoms with E-state index in [0.717, 1.165) is 13.0 Å². The minimum atomic E-state index is -0.833. The number of carboxylic acid groups (broad SMARTS) is 1. The second-order valence-electron chi connectivity index (χ2n) is 1.85. The van der Waals surface area contributed by atoms with E-state index in [2.05, 4.69) is 17.9 Å². The van der Waals surface area contributed by atoms with E-state index in [1.807, 2.05) is 0 Å². The molecule has 0 saturated carbocycles. The summed E-state index contributed by atoms with van der Waals surface area (Å²) in [6, 6.07) is 0. The predicted octanol–water partition coefficient (Wildman–Crippen LogP) is 1.56. The third-order valence-electron chi connectivity index (χ3n) is 0.538. The van der Waals surface area contributed by atoms with Crippen LogP contribution in [0.4, 0.5) is 0 Å². The third-order valence-corrected chi connectivity index (χ3v) is 0.647. The lowest BCUT2D eigenvalue weighted by Crippen LogP contribution is -2.00. The number of halogens is 1. The lowest BCUT2D eigenvalue weighted by Gasteiger charge is -1.96. The Hall–Kier alpha value is -1.29. The number of carboxylic acids is 1. The van der Waals surface area contributed by atoms with Gasteiger partial charge in [-0.2, -0.15) is 0 Å². The summed E-state index contributed by atoms with van der Waals surface area (Å²) in [7, 11) is 0. The number of aliphatic carboxylic acids is 1. The van der Waals surface area contributed by atoms with Crippen LogP contribution in [0.1, 0.15) is 6.92 Å². The second-order valence-corrected chi connectivity index (χ2v) is 2.38. The van der Waals surface area contributed by atoms with Crippen molar-refractivity contribution in [1.82, 2.24) is 0 Å². The lowest BCUT2D eigenvalue weighted by molar-refractivity contribution is -0.137. The molecule has 0 amide bonds. The summed E-state index contributed by atoms with van der Waals surface area (Å²) >= 11 is 5.27. The molecule has 1 N–H and O–H groups in total. The second kappa shape index (κ2) is 8.80. The Morgan fingerprint density at radius 3 is 2.23 bits per heavy atom. The smallest absolute Gasteiger partial charge is 0.330 e. The SMILES string of the molecule is C=CC(=O)OCC(=C)Cl.CC(=O)O. The van der Waals surface area contributed by atoms with Crippen LogP contribution in [-0.2, 0) is 14.3 Å². The van der Waals surface area contributed by atoms with Crippen molar-refractivity contribution < 1.29 is 19.4 Å². The van der Waals surface area contributed by atoms with Crippen LogP contribution in [0, 0.1) is 0 Å². The van der Waals surface area contributed by atoms with Crippen molar-refractivity contribution >= 4 is 23.5 Å². The zero-order valence-electron chi connectivity index (χ0n) is 7.25. The largest absolute Gasteiger partial charge is 0.481 e. The lowest BCUT2D eigenvalue weighted by atomic mass is 10.6. The summed E-state index contributed by atoms with van der Waals surface area (Å²) in [6.07, 6.45) is 1.07. The summed E-state index contributed by atoms with van der Waals surface area (Å²) in [5.74, 6) is -1.32. The molecule has 0 heterocycles. The van der Waals surface area contributed by atoms with E-state index in [1.165, 1.54) is 0 Å². The fourth-order valence-electron chi connectivity index (χ4n) is 0.208. The topological polar surface area (TPSA) is 63.6 Å². The molecule has 0 aliphatic rings. The van der Waals surface area contributed by atoms with E-state index in [0.29, 0.717) is 5.03 Å². The highest BCUT2D eigenvalue weighted by atomic mass is 35.5. The fraction of sp³-hybridized carbons (Fsp3) is 0.250. The molecule has 0 spiro atoms. The molecule has 0 fully saturated rings. The molecule has 13 heavy (non-hydrogen) atoms. The molecule has 0 aliphatic heterocycles. The van der Waals surface area contributed by atoms with Crippen LogP contribution in [-0.4, -0.2) is 23.7 Å². The molecular weight excluding hydrogens is 196 g/mol. The van der Waals surface area contributed by atoms with E-state index in [9.17, 15) is 4.79 Å². The Balaban J connectivity index is 0. The van der Waals surface area contributed by atoms with Crippen molar-refractivity contribution in [2.24, 2.45) is 0 Å². The number of carbonyl (C=O) groups is 2. The molecular formula is C8H11ClO4. The molecule has 0 aromatic heterocycles. The van der Waals surface area contributed by atoms with Gasteiger partial charge in [0, 0.05) is 18.0 Å². The van der Waals surface area contributed by atoms with E-state index < -0.39 is 11.9 Å². The van der Waals surface area contributed by atoms with Gasteiger partial charge in [0.05, 0.1) is 0 Å². The molecule has 0 unspecified atom stereocenters. The molecule has 0 aromatic rings. The number of hydrogen-bond acceptors (Lipinski definition) is 3. The van der Waals surface area contributed by atoms with Crippen LogP contribution in [0.3, 0.4) is 0 Å². The Kier molecular flexibility index (Phi) is 9.65. The maximum absolute atomic E-state index is 10.3. The highest BCUT2D eigenvalue weighted by molar-refractivity contribution is 6.29. The van der Waals surface area contributed by atoms with Crippen molar-refractivity contribution in [3.8, 4) is 0 Å². The number of carbonyl (C=O) groups excluding carboxylic acids is 1. The molecule has 0 rings (SSSR count). The molecule has 0 saturated heterocycles. The van der Waals surface area contributed by atoms with E-state index in [4.69, 9.17) is 21.5 Å². The number of esters is 1. The molecule has 5 heteroatoms. The first kappa shape index (κ1) is 14.2. The van der Waals surface area contributed by atoms with Gasteiger partial charge in [-0.3, -0.25) is 4.79 Å². The van der Waals surface area contributed by atoms with E-state index in [1.54, 1.807) is 0 Å². The molecule has 74 valence electrons. The predicted molar refractivity (Wildman–Crippen MR) is 49.5 cm³/mol. The monoisotopic (exact) mass is 206 g/mol. The van der Waals surface area contributed by atoms with Gasteiger partial charge >= 0.3 is 5.97 Å². The molecule has 0 radical (unpaired) electrons. The maximum Gasteiger partial charge on any atom is 0.330 e. The quantitative estimate of drug-likeness (QED) is 0.562. The van der Waals surface area contributed by atoms with Gasteiger partial charge in [-0.15, -0.1) is 0 Å². The normalized spacial score (nSPS) is 7.54. The average Bonchev–Trinajstić information content (AvgIpc) is 1.99. The number of rotatable bonds is 3. The van der Waals surface area contributed by atoms with Gasteiger partial charge in [-0.05, 0) is 0 Å². The van der Waals surface area contributed by atoms with Crippen LogP contribution in [0.5, 0.6) is 0 Å². The van der Waals surface area contributed by atoms with Crippen molar-refractivity contribution in [2.75, 3.05) is 6.61 Å². The van der Waals surface area contributed by atoms with Crippen molar-refractivity contribution in [2.45, 2.75) is 6.92 Å². The molecule has 0 aliphatic carbocycles. The molecule has 0 atom stereocenters. The van der Waals surface area contributed by atoms with Crippen molar-refractivity contribution in [3.05, 3.63) is 24.3 Å². The van der Waals surface area contributed by atoms with Gasteiger partial charge in [-0.1, -0.05) is 24.8 Å². The summed E-state index contributed by atoms with van der Waals surface area (Å²) in [4.78, 5) is 19.3. The van der Waals surface area contributed by atoms with Crippen LogP contribution in [0.25, 0.3) is 0 Å². The zero-order chi connectivity index (χ0) is 10.9. The fourth-order valence-corrected chi connectivity index (χ4v) is 0.263. The first-order chi connectivity index (χ1) is 5.90. The van der Waals surface area contributed by atoms with Gasteiger partial charge in [0.1, 0.15) is 6.61 Å². The zero-order valence-corrected chi connectivity index (χ0v) is 8.00.